The number of primary amides is 1. The van der Waals surface area contributed by atoms with Crippen LogP contribution in [0.1, 0.15) is 46.1 Å². The summed E-state index contributed by atoms with van der Waals surface area (Å²) in [6, 6.07) is 6.88. The average Bonchev–Trinajstić information content (AvgIpc) is 3.28. The first kappa shape index (κ1) is 19.7. The summed E-state index contributed by atoms with van der Waals surface area (Å²) in [6.45, 7) is 3.33. The molecule has 2 aliphatic rings. The molecular formula is C22H25N3O3S. The van der Waals surface area contributed by atoms with E-state index in [1.807, 2.05) is 19.1 Å². The van der Waals surface area contributed by atoms with Crippen molar-refractivity contribution in [3.8, 4) is 5.75 Å². The maximum atomic E-state index is 12.9. The zero-order valence-electron chi connectivity index (χ0n) is 16.4. The highest BCUT2D eigenvalue weighted by Gasteiger charge is 2.29. The molecule has 1 aromatic carbocycles. The molecule has 2 amide bonds. The second-order valence-electron chi connectivity index (χ2n) is 7.61. The van der Waals surface area contributed by atoms with E-state index in [4.69, 9.17) is 5.73 Å². The molecule has 0 saturated heterocycles. The van der Waals surface area contributed by atoms with Gasteiger partial charge in [0.25, 0.3) is 5.91 Å². The average molecular weight is 412 g/mol. The Morgan fingerprint density at radius 2 is 1.97 bits per heavy atom. The summed E-state index contributed by atoms with van der Waals surface area (Å²) < 4.78 is 0. The van der Waals surface area contributed by atoms with Crippen LogP contribution in [-0.2, 0) is 17.6 Å². The molecule has 1 aliphatic carbocycles. The normalized spacial score (nSPS) is 17.5. The number of hydrogen-bond donors (Lipinski definition) is 3. The van der Waals surface area contributed by atoms with Crippen molar-refractivity contribution in [3.05, 3.63) is 51.9 Å². The van der Waals surface area contributed by atoms with E-state index >= 15 is 0 Å². The van der Waals surface area contributed by atoms with Gasteiger partial charge in [0.15, 0.2) is 0 Å². The number of amides is 2. The quantitative estimate of drug-likeness (QED) is 0.704. The molecule has 2 heterocycles. The lowest BCUT2D eigenvalue weighted by molar-refractivity contribution is -0.120. The van der Waals surface area contributed by atoms with E-state index in [0.717, 1.165) is 43.4 Å². The molecule has 1 atom stereocenters. The number of aromatic hydroxyl groups is 1. The smallest absolute Gasteiger partial charge is 0.251 e. The third-order valence-corrected chi connectivity index (χ3v) is 7.02. The van der Waals surface area contributed by atoms with Gasteiger partial charge in [0.1, 0.15) is 10.8 Å². The number of anilines is 1. The number of nitrogens with two attached hydrogens (primary N) is 1. The number of thiophene rings is 1. The lowest BCUT2D eigenvalue weighted by Gasteiger charge is -2.31. The number of nitrogens with zero attached hydrogens (tertiary/aromatic N) is 1. The molecule has 0 spiro atoms. The molecule has 7 heteroatoms. The van der Waals surface area contributed by atoms with Crippen molar-refractivity contribution >= 4 is 33.7 Å². The largest absolute Gasteiger partial charge is 0.508 e. The summed E-state index contributed by atoms with van der Waals surface area (Å²) in [4.78, 5) is 28.1. The fourth-order valence-electron chi connectivity index (χ4n) is 4.11. The number of nitrogens with one attached hydrogen (secondary N) is 1. The van der Waals surface area contributed by atoms with Gasteiger partial charge in [0.05, 0.1) is 11.6 Å². The maximum Gasteiger partial charge on any atom is 0.251 e. The van der Waals surface area contributed by atoms with Crippen LogP contribution in [0.3, 0.4) is 0 Å². The first-order chi connectivity index (χ1) is 13.9. The van der Waals surface area contributed by atoms with Crippen molar-refractivity contribution in [2.24, 2.45) is 5.73 Å². The highest BCUT2D eigenvalue weighted by molar-refractivity contribution is 7.17. The van der Waals surface area contributed by atoms with Gasteiger partial charge in [0.2, 0.25) is 5.91 Å². The minimum atomic E-state index is -0.466. The van der Waals surface area contributed by atoms with Crippen molar-refractivity contribution in [1.29, 1.82) is 0 Å². The van der Waals surface area contributed by atoms with Crippen LogP contribution in [0, 0.1) is 0 Å². The van der Waals surface area contributed by atoms with Crippen molar-refractivity contribution in [1.82, 2.24) is 4.90 Å². The SMILES string of the molecule is CC(C(=O)Nc1sc2c(c1C(N)=O)CCC2)N1CC=C(c2ccc(O)cc2)CC1. The van der Waals surface area contributed by atoms with Gasteiger partial charge in [-0.15, -0.1) is 11.3 Å². The monoisotopic (exact) mass is 411 g/mol. The van der Waals surface area contributed by atoms with Crippen LogP contribution < -0.4 is 11.1 Å². The third kappa shape index (κ3) is 3.93. The number of rotatable bonds is 5. The third-order valence-electron chi connectivity index (χ3n) is 5.81. The van der Waals surface area contributed by atoms with Crippen molar-refractivity contribution in [2.45, 2.75) is 38.6 Å². The maximum absolute atomic E-state index is 12.9. The highest BCUT2D eigenvalue weighted by Crippen LogP contribution is 2.39. The van der Waals surface area contributed by atoms with Crippen molar-refractivity contribution < 1.29 is 14.7 Å². The van der Waals surface area contributed by atoms with E-state index < -0.39 is 5.91 Å². The van der Waals surface area contributed by atoms with Gasteiger partial charge in [-0.3, -0.25) is 14.5 Å². The number of phenolic OH excluding ortho intramolecular Hbond substituents is 1. The molecular weight excluding hydrogens is 386 g/mol. The molecule has 0 bridgehead atoms. The van der Waals surface area contributed by atoms with Gasteiger partial charge in [-0.2, -0.15) is 0 Å². The lowest BCUT2D eigenvalue weighted by Crippen LogP contribution is -2.44. The molecule has 0 saturated carbocycles. The number of benzene rings is 1. The zero-order chi connectivity index (χ0) is 20.5. The number of phenols is 1. The molecule has 29 heavy (non-hydrogen) atoms. The number of carbonyl (C=O) groups is 2. The summed E-state index contributed by atoms with van der Waals surface area (Å²) in [5.41, 5.74) is 9.42. The molecule has 0 fully saturated rings. The molecule has 2 aromatic rings. The summed E-state index contributed by atoms with van der Waals surface area (Å²) in [7, 11) is 0. The number of carbonyl (C=O) groups excluding carboxylic acids is 2. The fraction of sp³-hybridized carbons (Fsp3) is 0.364. The Bertz CT molecular complexity index is 978. The van der Waals surface area contributed by atoms with E-state index in [1.165, 1.54) is 21.8 Å². The molecule has 1 unspecified atom stereocenters. The van der Waals surface area contributed by atoms with Gasteiger partial charge in [0, 0.05) is 18.0 Å². The first-order valence-electron chi connectivity index (χ1n) is 9.91. The molecule has 6 nitrogen and oxygen atoms in total. The Balaban J connectivity index is 1.43. The van der Waals surface area contributed by atoms with Crippen LogP contribution in [0.2, 0.25) is 0 Å². The fourth-order valence-corrected chi connectivity index (χ4v) is 5.41. The van der Waals surface area contributed by atoms with E-state index in [-0.39, 0.29) is 17.7 Å². The van der Waals surface area contributed by atoms with Crippen LogP contribution in [0.4, 0.5) is 5.00 Å². The Morgan fingerprint density at radius 3 is 2.62 bits per heavy atom. The van der Waals surface area contributed by atoms with Gasteiger partial charge < -0.3 is 16.2 Å². The molecule has 4 rings (SSSR count). The Hall–Kier alpha value is -2.64. The van der Waals surface area contributed by atoms with Gasteiger partial charge in [-0.1, -0.05) is 18.2 Å². The van der Waals surface area contributed by atoms with E-state index in [2.05, 4.69) is 16.3 Å². The number of aryl methyl sites for hydroxylation is 1. The Labute approximate surface area is 174 Å². The second kappa shape index (κ2) is 8.00. The predicted molar refractivity (Wildman–Crippen MR) is 115 cm³/mol. The van der Waals surface area contributed by atoms with Crippen molar-refractivity contribution in [3.63, 3.8) is 0 Å². The van der Waals surface area contributed by atoms with Crippen LogP contribution in [0.5, 0.6) is 5.75 Å². The van der Waals surface area contributed by atoms with Crippen LogP contribution >= 0.6 is 11.3 Å². The summed E-state index contributed by atoms with van der Waals surface area (Å²) in [6.07, 6.45) is 5.81. The Morgan fingerprint density at radius 1 is 1.21 bits per heavy atom. The summed E-state index contributed by atoms with van der Waals surface area (Å²) in [5, 5.41) is 13.0. The number of hydrogen-bond acceptors (Lipinski definition) is 5. The van der Waals surface area contributed by atoms with Crippen LogP contribution in [0.25, 0.3) is 5.57 Å². The first-order valence-corrected chi connectivity index (χ1v) is 10.7. The zero-order valence-corrected chi connectivity index (χ0v) is 17.2. The van der Waals surface area contributed by atoms with Crippen LogP contribution in [-0.4, -0.2) is 41.0 Å². The molecule has 152 valence electrons. The van der Waals surface area contributed by atoms with Crippen LogP contribution in [0.15, 0.2) is 30.3 Å². The van der Waals surface area contributed by atoms with E-state index in [0.29, 0.717) is 17.1 Å². The summed E-state index contributed by atoms with van der Waals surface area (Å²) >= 11 is 1.48. The minimum absolute atomic E-state index is 0.117. The molecule has 4 N–H and O–H groups in total. The molecule has 1 aliphatic heterocycles. The molecule has 0 radical (unpaired) electrons. The van der Waals surface area contributed by atoms with E-state index in [1.54, 1.807) is 12.1 Å². The number of fused-ring (bicyclic) bond motifs is 1. The Kier molecular flexibility index (Phi) is 5.43. The topological polar surface area (TPSA) is 95.7 Å². The lowest BCUT2D eigenvalue weighted by atomic mass is 9.98. The predicted octanol–water partition coefficient (Wildman–Crippen LogP) is 3.16. The van der Waals surface area contributed by atoms with Gasteiger partial charge in [-0.05, 0) is 61.4 Å². The van der Waals surface area contributed by atoms with Gasteiger partial charge >= 0.3 is 0 Å². The second-order valence-corrected chi connectivity index (χ2v) is 8.72. The van der Waals surface area contributed by atoms with Gasteiger partial charge in [-0.25, -0.2) is 0 Å². The van der Waals surface area contributed by atoms with E-state index in [9.17, 15) is 14.7 Å². The molecule has 1 aromatic heterocycles. The standard InChI is InChI=1S/C22H25N3O3S/c1-13(25-11-9-15(10-12-25)14-5-7-16(26)8-6-14)21(28)24-22-19(20(23)27)17-3-2-4-18(17)29-22/h5-9,13,26H,2-4,10-12H2,1H3,(H2,23,27)(H,24,28). The summed E-state index contributed by atoms with van der Waals surface area (Å²) in [5.74, 6) is -0.326. The minimum Gasteiger partial charge on any atom is -0.508 e. The van der Waals surface area contributed by atoms with Crippen molar-refractivity contribution in [2.75, 3.05) is 18.4 Å². The highest BCUT2D eigenvalue weighted by atomic mass is 32.1.